The van der Waals surface area contributed by atoms with Gasteiger partial charge in [-0.3, -0.25) is 4.79 Å². The summed E-state index contributed by atoms with van der Waals surface area (Å²) in [6.45, 7) is 6.29. The second kappa shape index (κ2) is 7.95. The van der Waals surface area contributed by atoms with Crippen LogP contribution >= 0.6 is 0 Å². The molecule has 5 nitrogen and oxygen atoms in total. The molecule has 1 N–H and O–H groups in total. The minimum atomic E-state index is -0.199. The number of fused-ring (bicyclic) bond motifs is 4. The van der Waals surface area contributed by atoms with Crippen molar-refractivity contribution in [3.8, 4) is 5.75 Å². The quantitative estimate of drug-likeness (QED) is 0.267. The Hall–Kier alpha value is -2.35. The zero-order chi connectivity index (χ0) is 19.1. The Morgan fingerprint density at radius 3 is 2.61 bits per heavy atom. The molecule has 146 valence electrons. The third-order valence-corrected chi connectivity index (χ3v) is 5.24. The number of halogens is 1. The van der Waals surface area contributed by atoms with Gasteiger partial charge in [0.15, 0.2) is 12.4 Å². The molecule has 0 aliphatic rings. The first-order valence-corrected chi connectivity index (χ1v) is 9.10. The number of hydrogen-bond donors (Lipinski definition) is 1. The van der Waals surface area contributed by atoms with Crippen LogP contribution in [0.15, 0.2) is 36.7 Å². The highest BCUT2D eigenvalue weighted by Crippen LogP contribution is 2.37. The van der Waals surface area contributed by atoms with Crippen molar-refractivity contribution in [2.75, 3.05) is 7.11 Å². The number of hydrogen-bond acceptors (Lipinski definition) is 3. The predicted octanol–water partition coefficient (Wildman–Crippen LogP) is 1.30. The van der Waals surface area contributed by atoms with Gasteiger partial charge in [-0.05, 0) is 48.6 Å². The molecular weight excluding hydrogens is 467 g/mol. The van der Waals surface area contributed by atoms with Gasteiger partial charge in [-0.1, -0.05) is 6.92 Å². The van der Waals surface area contributed by atoms with Crippen LogP contribution in [0, 0.1) is 13.8 Å². The summed E-state index contributed by atoms with van der Waals surface area (Å²) in [4.78, 5) is 15.0. The predicted molar refractivity (Wildman–Crippen MR) is 106 cm³/mol. The monoisotopic (exact) mass is 490 g/mol. The lowest BCUT2D eigenvalue weighted by Crippen LogP contribution is -3.00. The van der Waals surface area contributed by atoms with Crippen LogP contribution in [0.5, 0.6) is 5.75 Å². The van der Waals surface area contributed by atoms with Crippen LogP contribution in [0.25, 0.3) is 32.6 Å². The van der Waals surface area contributed by atoms with E-state index in [0.29, 0.717) is 6.42 Å². The lowest BCUT2D eigenvalue weighted by atomic mass is 9.97. The lowest BCUT2D eigenvalue weighted by Gasteiger charge is -2.09. The van der Waals surface area contributed by atoms with Gasteiger partial charge < -0.3 is 38.4 Å². The second-order valence-corrected chi connectivity index (χ2v) is 6.82. The molecule has 0 atom stereocenters. The highest BCUT2D eigenvalue weighted by molar-refractivity contribution is 6.16. The SMILES string of the molecule is CCC(=O)OC[n+]1ccc2c(C)c3[nH]c4ccc(OC)cc4c3c(C)c2c1.[I-]. The molecule has 0 saturated carbocycles. The largest absolute Gasteiger partial charge is 1.00 e. The van der Waals surface area contributed by atoms with Crippen molar-refractivity contribution in [3.05, 3.63) is 47.8 Å². The summed E-state index contributed by atoms with van der Waals surface area (Å²) in [5, 5.41) is 4.70. The summed E-state index contributed by atoms with van der Waals surface area (Å²) in [6, 6.07) is 8.19. The van der Waals surface area contributed by atoms with E-state index in [2.05, 4.69) is 43.2 Å². The number of rotatable bonds is 4. The van der Waals surface area contributed by atoms with Crippen LogP contribution in [-0.4, -0.2) is 18.1 Å². The van der Waals surface area contributed by atoms with Gasteiger partial charge in [0.05, 0.1) is 12.6 Å². The lowest BCUT2D eigenvalue weighted by molar-refractivity contribution is -0.726. The number of benzene rings is 2. The van der Waals surface area contributed by atoms with E-state index < -0.39 is 0 Å². The van der Waals surface area contributed by atoms with Gasteiger partial charge in [0.2, 0.25) is 0 Å². The van der Waals surface area contributed by atoms with Crippen LogP contribution < -0.4 is 33.3 Å². The number of carbonyl (C=O) groups excluding carboxylic acids is 1. The van der Waals surface area contributed by atoms with Crippen molar-refractivity contribution in [3.63, 3.8) is 0 Å². The minimum Gasteiger partial charge on any atom is -1.00 e. The molecule has 0 spiro atoms. The maximum absolute atomic E-state index is 11.5. The van der Waals surface area contributed by atoms with Gasteiger partial charge in [-0.25, -0.2) is 0 Å². The molecule has 0 bridgehead atoms. The fourth-order valence-corrected chi connectivity index (χ4v) is 3.73. The van der Waals surface area contributed by atoms with Crippen molar-refractivity contribution >= 4 is 38.5 Å². The number of aryl methyl sites for hydroxylation is 2. The van der Waals surface area contributed by atoms with Gasteiger partial charge in [-0.2, -0.15) is 4.57 Å². The molecule has 0 aliphatic carbocycles. The van der Waals surface area contributed by atoms with E-state index in [4.69, 9.17) is 9.47 Å². The molecule has 0 saturated heterocycles. The molecule has 6 heteroatoms. The molecule has 2 aromatic heterocycles. The Kier molecular flexibility index (Phi) is 5.79. The molecule has 28 heavy (non-hydrogen) atoms. The van der Waals surface area contributed by atoms with Crippen LogP contribution in [-0.2, 0) is 16.3 Å². The summed E-state index contributed by atoms with van der Waals surface area (Å²) in [6.07, 6.45) is 4.39. The molecule has 4 aromatic rings. The summed E-state index contributed by atoms with van der Waals surface area (Å²) in [5.74, 6) is 0.643. The Balaban J connectivity index is 0.00000225. The molecule has 2 heterocycles. The molecule has 0 fully saturated rings. The third kappa shape index (κ3) is 3.30. The molecule has 0 unspecified atom stereocenters. The molecule has 4 rings (SSSR count). The van der Waals surface area contributed by atoms with E-state index in [9.17, 15) is 4.79 Å². The van der Waals surface area contributed by atoms with Crippen LogP contribution in [0.4, 0.5) is 0 Å². The Labute approximate surface area is 180 Å². The molecule has 0 aliphatic heterocycles. The van der Waals surface area contributed by atoms with Gasteiger partial charge >= 0.3 is 5.97 Å². The second-order valence-electron chi connectivity index (χ2n) is 6.82. The average molecular weight is 490 g/mol. The number of nitrogens with one attached hydrogen (secondary N) is 1. The number of nitrogens with zero attached hydrogens (tertiary/aromatic N) is 1. The van der Waals surface area contributed by atoms with Crippen LogP contribution in [0.2, 0.25) is 0 Å². The maximum atomic E-state index is 11.5. The van der Waals surface area contributed by atoms with E-state index in [1.807, 2.05) is 16.8 Å². The first kappa shape index (κ1) is 20.4. The van der Waals surface area contributed by atoms with Gasteiger partial charge in [0, 0.05) is 34.2 Å². The average Bonchev–Trinajstić information content (AvgIpc) is 3.09. The molecule has 0 radical (unpaired) electrons. The van der Waals surface area contributed by atoms with Gasteiger partial charge in [0.25, 0.3) is 6.73 Å². The van der Waals surface area contributed by atoms with Gasteiger partial charge in [-0.15, -0.1) is 0 Å². The normalized spacial score (nSPS) is 11.0. The number of aromatic amines is 1. The van der Waals surface area contributed by atoms with Crippen molar-refractivity contribution in [2.24, 2.45) is 0 Å². The number of aromatic nitrogens is 2. The zero-order valence-electron chi connectivity index (χ0n) is 16.4. The number of pyridine rings is 1. The van der Waals surface area contributed by atoms with E-state index >= 15 is 0 Å². The van der Waals surface area contributed by atoms with Crippen molar-refractivity contribution in [1.29, 1.82) is 0 Å². The highest BCUT2D eigenvalue weighted by Gasteiger charge is 2.17. The first-order chi connectivity index (χ1) is 13.0. The fourth-order valence-electron chi connectivity index (χ4n) is 3.73. The number of ether oxygens (including phenoxy) is 2. The molecule has 2 aromatic carbocycles. The fraction of sp³-hybridized carbons (Fsp3) is 0.273. The van der Waals surface area contributed by atoms with Crippen molar-refractivity contribution in [2.45, 2.75) is 33.9 Å². The van der Waals surface area contributed by atoms with Crippen LogP contribution in [0.1, 0.15) is 24.5 Å². The maximum Gasteiger partial charge on any atom is 0.310 e. The highest BCUT2D eigenvalue weighted by atomic mass is 127. The van der Waals surface area contributed by atoms with E-state index in [1.54, 1.807) is 14.0 Å². The minimum absolute atomic E-state index is 0. The molecule has 0 amide bonds. The van der Waals surface area contributed by atoms with Crippen molar-refractivity contribution < 1.29 is 42.8 Å². The van der Waals surface area contributed by atoms with E-state index in [1.165, 1.54) is 21.9 Å². The first-order valence-electron chi connectivity index (χ1n) is 9.10. The Bertz CT molecular complexity index is 1200. The summed E-state index contributed by atoms with van der Waals surface area (Å²) >= 11 is 0. The Morgan fingerprint density at radius 1 is 1.11 bits per heavy atom. The summed E-state index contributed by atoms with van der Waals surface area (Å²) in [5.41, 5.74) is 4.65. The van der Waals surface area contributed by atoms with E-state index in [-0.39, 0.29) is 36.7 Å². The third-order valence-electron chi connectivity index (χ3n) is 5.24. The number of esters is 1. The molecular formula is C22H23IN2O3. The summed E-state index contributed by atoms with van der Waals surface area (Å²) in [7, 11) is 1.68. The topological polar surface area (TPSA) is 55.2 Å². The number of methoxy groups -OCH3 is 1. The number of H-pyrrole nitrogens is 1. The number of carbonyl (C=O) groups is 1. The van der Waals surface area contributed by atoms with Crippen molar-refractivity contribution in [1.82, 2.24) is 4.98 Å². The van der Waals surface area contributed by atoms with Gasteiger partial charge in [0.1, 0.15) is 5.75 Å². The van der Waals surface area contributed by atoms with Crippen LogP contribution in [0.3, 0.4) is 0 Å². The van der Waals surface area contributed by atoms with E-state index in [0.717, 1.165) is 27.6 Å². The Morgan fingerprint density at radius 2 is 1.89 bits per heavy atom. The zero-order valence-corrected chi connectivity index (χ0v) is 18.6. The standard InChI is InChI=1S/C22H22N2O3.HI/c1-5-20(25)27-12-24-9-8-16-14(3)22-21(13(2)18(16)11-24)17-10-15(26-4)6-7-19(17)23-22;/h6-11H,5,12H2,1-4H3;1H. The summed E-state index contributed by atoms with van der Waals surface area (Å²) < 4.78 is 12.6. The smallest absolute Gasteiger partial charge is 0.310 e.